The zero-order chi connectivity index (χ0) is 16.8. The number of rotatable bonds is 6. The minimum absolute atomic E-state index is 0.0205. The fraction of sp³-hybridized carbons (Fsp3) is 0.611. The number of hydrogen-bond acceptors (Lipinski definition) is 3. The van der Waals surface area contributed by atoms with E-state index >= 15 is 0 Å². The van der Waals surface area contributed by atoms with Crippen LogP contribution in [-0.2, 0) is 16.1 Å². The summed E-state index contributed by atoms with van der Waals surface area (Å²) in [6.45, 7) is 7.80. The van der Waals surface area contributed by atoms with Gasteiger partial charge in [-0.2, -0.15) is 0 Å². The number of unbranched alkanes of at least 4 members (excludes halogenated alkanes) is 1. The van der Waals surface area contributed by atoms with Gasteiger partial charge in [0, 0.05) is 26.1 Å². The van der Waals surface area contributed by atoms with E-state index in [0.29, 0.717) is 31.7 Å². The third kappa shape index (κ3) is 5.20. The molecular weight excluding hydrogens is 295 g/mol. The van der Waals surface area contributed by atoms with Crippen molar-refractivity contribution in [2.24, 2.45) is 0 Å². The predicted molar refractivity (Wildman–Crippen MR) is 90.0 cm³/mol. The molecule has 0 radical (unpaired) electrons. The number of morpholine rings is 1. The normalized spacial score (nSPS) is 21.3. The summed E-state index contributed by atoms with van der Waals surface area (Å²) in [5.41, 5.74) is 1.39. The highest BCUT2D eigenvalue weighted by Gasteiger charge is 2.24. The summed E-state index contributed by atoms with van der Waals surface area (Å²) in [7, 11) is 0. The van der Waals surface area contributed by atoms with Crippen LogP contribution in [-0.4, -0.2) is 31.2 Å². The average molecular weight is 322 g/mol. The summed E-state index contributed by atoms with van der Waals surface area (Å²) in [6, 6.07) is 5.19. The molecule has 0 aliphatic carbocycles. The van der Waals surface area contributed by atoms with Crippen LogP contribution in [0, 0.1) is 5.82 Å². The molecule has 4 nitrogen and oxygen atoms in total. The van der Waals surface area contributed by atoms with E-state index in [4.69, 9.17) is 4.74 Å². The molecule has 5 heteroatoms. The molecule has 0 unspecified atom stereocenters. The van der Waals surface area contributed by atoms with Crippen LogP contribution >= 0.6 is 0 Å². The predicted octanol–water partition coefficient (Wildman–Crippen LogP) is 3.25. The third-order valence-corrected chi connectivity index (χ3v) is 4.02. The van der Waals surface area contributed by atoms with Gasteiger partial charge in [0.15, 0.2) is 0 Å². The summed E-state index contributed by atoms with van der Waals surface area (Å²) >= 11 is 0. The molecule has 0 spiro atoms. The largest absolute Gasteiger partial charge is 0.372 e. The maximum atomic E-state index is 14.4. The number of carbonyl (C=O) groups is 1. The zero-order valence-electron chi connectivity index (χ0n) is 14.3. The number of nitrogens with zero attached hydrogens (tertiary/aromatic N) is 1. The molecule has 128 valence electrons. The molecule has 23 heavy (non-hydrogen) atoms. The van der Waals surface area contributed by atoms with Crippen molar-refractivity contribution in [3.8, 4) is 0 Å². The highest BCUT2D eigenvalue weighted by Crippen LogP contribution is 2.24. The quantitative estimate of drug-likeness (QED) is 0.874. The number of carbonyl (C=O) groups excluding carboxylic acids is 1. The Kier molecular flexibility index (Phi) is 6.39. The van der Waals surface area contributed by atoms with Crippen LogP contribution in [0.5, 0.6) is 0 Å². The first-order chi connectivity index (χ1) is 11.0. The van der Waals surface area contributed by atoms with Gasteiger partial charge in [0.2, 0.25) is 5.91 Å². The molecule has 1 saturated heterocycles. The van der Waals surface area contributed by atoms with Crippen molar-refractivity contribution in [1.82, 2.24) is 5.32 Å². The van der Waals surface area contributed by atoms with Crippen LogP contribution in [0.25, 0.3) is 0 Å². The van der Waals surface area contributed by atoms with Gasteiger partial charge in [0.25, 0.3) is 0 Å². The van der Waals surface area contributed by atoms with E-state index in [9.17, 15) is 9.18 Å². The summed E-state index contributed by atoms with van der Waals surface area (Å²) in [4.78, 5) is 13.6. The van der Waals surface area contributed by atoms with E-state index in [1.165, 1.54) is 6.07 Å². The summed E-state index contributed by atoms with van der Waals surface area (Å²) in [5, 5.41) is 2.83. The molecule has 0 bridgehead atoms. The highest BCUT2D eigenvalue weighted by atomic mass is 19.1. The van der Waals surface area contributed by atoms with Crippen molar-refractivity contribution in [2.45, 2.75) is 58.8 Å². The molecule has 1 aromatic carbocycles. The van der Waals surface area contributed by atoms with Crippen molar-refractivity contribution in [2.75, 3.05) is 18.0 Å². The average Bonchev–Trinajstić information content (AvgIpc) is 2.50. The third-order valence-electron chi connectivity index (χ3n) is 4.02. The second-order valence-corrected chi connectivity index (χ2v) is 6.33. The monoisotopic (exact) mass is 322 g/mol. The number of benzene rings is 1. The first-order valence-corrected chi connectivity index (χ1v) is 8.45. The van der Waals surface area contributed by atoms with Crippen LogP contribution < -0.4 is 10.2 Å². The van der Waals surface area contributed by atoms with Gasteiger partial charge in [-0.3, -0.25) is 4.79 Å². The van der Waals surface area contributed by atoms with Crippen LogP contribution in [0.1, 0.15) is 45.6 Å². The van der Waals surface area contributed by atoms with Crippen LogP contribution in [0.3, 0.4) is 0 Å². The molecule has 1 aliphatic heterocycles. The number of halogens is 1. The first kappa shape index (κ1) is 17.7. The second kappa shape index (κ2) is 8.29. The Hall–Kier alpha value is -1.62. The molecule has 2 atom stereocenters. The Labute approximate surface area is 138 Å². The van der Waals surface area contributed by atoms with E-state index in [0.717, 1.165) is 18.4 Å². The lowest BCUT2D eigenvalue weighted by Gasteiger charge is -2.37. The second-order valence-electron chi connectivity index (χ2n) is 6.33. The summed E-state index contributed by atoms with van der Waals surface area (Å²) in [5.74, 6) is -0.223. The Morgan fingerprint density at radius 2 is 2.04 bits per heavy atom. The maximum absolute atomic E-state index is 14.4. The maximum Gasteiger partial charge on any atom is 0.220 e. The molecule has 1 aromatic rings. The number of amides is 1. The van der Waals surface area contributed by atoms with Gasteiger partial charge < -0.3 is 15.0 Å². The van der Waals surface area contributed by atoms with Crippen LogP contribution in [0.2, 0.25) is 0 Å². The number of hydrogen-bond donors (Lipinski definition) is 1. The van der Waals surface area contributed by atoms with Crippen LogP contribution in [0.15, 0.2) is 18.2 Å². The van der Waals surface area contributed by atoms with Gasteiger partial charge in [-0.15, -0.1) is 0 Å². The van der Waals surface area contributed by atoms with Crippen molar-refractivity contribution in [3.05, 3.63) is 29.6 Å². The van der Waals surface area contributed by atoms with Gasteiger partial charge in [0.05, 0.1) is 17.9 Å². The summed E-state index contributed by atoms with van der Waals surface area (Å²) in [6.07, 6.45) is 2.59. The fourth-order valence-corrected chi connectivity index (χ4v) is 2.92. The van der Waals surface area contributed by atoms with E-state index in [2.05, 4.69) is 12.2 Å². The van der Waals surface area contributed by atoms with Gasteiger partial charge in [-0.05, 0) is 38.0 Å². The van der Waals surface area contributed by atoms with Crippen molar-refractivity contribution in [3.63, 3.8) is 0 Å². The first-order valence-electron chi connectivity index (χ1n) is 8.45. The minimum Gasteiger partial charge on any atom is -0.372 e. The standard InChI is InChI=1S/C18H27FN2O2/c1-4-5-6-18(22)20-10-15-7-8-17(16(19)9-15)21-11-13(2)23-14(3)12-21/h7-9,13-14H,4-6,10-12H2,1-3H3,(H,20,22)/t13-,14-/m0/s1. The van der Waals surface area contributed by atoms with Gasteiger partial charge >= 0.3 is 0 Å². The van der Waals surface area contributed by atoms with Crippen molar-refractivity contribution < 1.29 is 13.9 Å². The Balaban J connectivity index is 1.96. The Morgan fingerprint density at radius 1 is 1.35 bits per heavy atom. The lowest BCUT2D eigenvalue weighted by molar-refractivity contribution is -0.121. The Morgan fingerprint density at radius 3 is 2.65 bits per heavy atom. The molecule has 1 aliphatic rings. The van der Waals surface area contributed by atoms with Gasteiger partial charge in [-0.25, -0.2) is 4.39 Å². The van der Waals surface area contributed by atoms with E-state index in [1.807, 2.05) is 24.8 Å². The molecule has 2 rings (SSSR count). The molecule has 0 aromatic heterocycles. The fourth-order valence-electron chi connectivity index (χ4n) is 2.92. The molecule has 1 fully saturated rings. The van der Waals surface area contributed by atoms with Gasteiger partial charge in [-0.1, -0.05) is 19.4 Å². The lowest BCUT2D eigenvalue weighted by atomic mass is 10.1. The minimum atomic E-state index is -0.244. The van der Waals surface area contributed by atoms with Crippen molar-refractivity contribution in [1.29, 1.82) is 0 Å². The molecule has 1 amide bonds. The molecule has 0 saturated carbocycles. The lowest BCUT2D eigenvalue weighted by Crippen LogP contribution is -2.45. The zero-order valence-corrected chi connectivity index (χ0v) is 14.3. The smallest absolute Gasteiger partial charge is 0.220 e. The topological polar surface area (TPSA) is 41.6 Å². The molecular formula is C18H27FN2O2. The number of ether oxygens (including phenoxy) is 1. The van der Waals surface area contributed by atoms with Crippen LogP contribution in [0.4, 0.5) is 10.1 Å². The van der Waals surface area contributed by atoms with E-state index < -0.39 is 0 Å². The van der Waals surface area contributed by atoms with E-state index in [-0.39, 0.29) is 23.9 Å². The highest BCUT2D eigenvalue weighted by molar-refractivity contribution is 5.75. The SMILES string of the molecule is CCCCC(=O)NCc1ccc(N2C[C@H](C)O[C@@H](C)C2)c(F)c1. The molecule has 1 N–H and O–H groups in total. The number of nitrogens with one attached hydrogen (secondary N) is 1. The Bertz CT molecular complexity index is 526. The number of anilines is 1. The van der Waals surface area contributed by atoms with Crippen molar-refractivity contribution >= 4 is 11.6 Å². The van der Waals surface area contributed by atoms with E-state index in [1.54, 1.807) is 6.07 Å². The summed E-state index contributed by atoms with van der Waals surface area (Å²) < 4.78 is 20.1. The molecule has 1 heterocycles. The van der Waals surface area contributed by atoms with Gasteiger partial charge in [0.1, 0.15) is 5.82 Å².